The first-order valence-corrected chi connectivity index (χ1v) is 7.24. The molecule has 7 nitrogen and oxygen atoms in total. The predicted octanol–water partition coefficient (Wildman–Crippen LogP) is 1.55. The van der Waals surface area contributed by atoms with Crippen molar-refractivity contribution in [3.63, 3.8) is 0 Å². The monoisotopic (exact) mass is 290 g/mol. The van der Waals surface area contributed by atoms with Crippen molar-refractivity contribution in [2.45, 2.75) is 20.0 Å². The average molecular weight is 290 g/mol. The second kappa shape index (κ2) is 5.93. The zero-order chi connectivity index (χ0) is 13.8. The van der Waals surface area contributed by atoms with Gasteiger partial charge in [-0.1, -0.05) is 17.3 Å². The van der Waals surface area contributed by atoms with Crippen molar-refractivity contribution in [2.75, 3.05) is 6.54 Å². The normalized spacial score (nSPS) is 11.1. The fraction of sp³-hybridized carbons (Fsp3) is 0.333. The maximum atomic E-state index is 5.22. The van der Waals surface area contributed by atoms with Crippen LogP contribution in [-0.2, 0) is 13.1 Å². The van der Waals surface area contributed by atoms with Gasteiger partial charge in [-0.2, -0.15) is 16.3 Å². The highest BCUT2D eigenvalue weighted by molar-refractivity contribution is 7.08. The minimum atomic E-state index is 0.451. The van der Waals surface area contributed by atoms with E-state index >= 15 is 0 Å². The average Bonchev–Trinajstić information content (AvgIpc) is 3.18. The van der Waals surface area contributed by atoms with Crippen molar-refractivity contribution in [1.82, 2.24) is 30.5 Å². The van der Waals surface area contributed by atoms with Gasteiger partial charge < -0.3 is 9.84 Å². The van der Waals surface area contributed by atoms with Gasteiger partial charge in [-0.15, -0.1) is 5.10 Å². The quantitative estimate of drug-likeness (QED) is 0.741. The number of thiophene rings is 1. The topological polar surface area (TPSA) is 81.7 Å². The van der Waals surface area contributed by atoms with Gasteiger partial charge in [0.2, 0.25) is 0 Å². The van der Waals surface area contributed by atoms with Crippen molar-refractivity contribution >= 4 is 11.3 Å². The van der Waals surface area contributed by atoms with Gasteiger partial charge in [0.1, 0.15) is 6.54 Å². The summed E-state index contributed by atoms with van der Waals surface area (Å²) in [7, 11) is 0. The van der Waals surface area contributed by atoms with Gasteiger partial charge in [-0.3, -0.25) is 0 Å². The fourth-order valence-electron chi connectivity index (χ4n) is 1.72. The van der Waals surface area contributed by atoms with E-state index in [0.29, 0.717) is 24.8 Å². The fourth-order valence-corrected chi connectivity index (χ4v) is 2.35. The number of nitrogens with zero attached hydrogens (tertiary/aromatic N) is 5. The van der Waals surface area contributed by atoms with Gasteiger partial charge in [-0.05, 0) is 18.0 Å². The van der Waals surface area contributed by atoms with E-state index in [4.69, 9.17) is 4.52 Å². The standard InChI is InChI=1S/C12H14N6OS/c1-2-13-5-10-6-18(17-15-10)7-11-14-12(19-16-11)9-3-4-20-8-9/h3-4,6,8,13H,2,5,7H2,1H3. The van der Waals surface area contributed by atoms with Crippen molar-refractivity contribution < 1.29 is 4.52 Å². The maximum absolute atomic E-state index is 5.22. The van der Waals surface area contributed by atoms with Crippen molar-refractivity contribution in [2.24, 2.45) is 0 Å². The molecule has 3 heterocycles. The summed E-state index contributed by atoms with van der Waals surface area (Å²) < 4.78 is 6.93. The minimum Gasteiger partial charge on any atom is -0.334 e. The Morgan fingerprint density at radius 1 is 1.45 bits per heavy atom. The highest BCUT2D eigenvalue weighted by atomic mass is 32.1. The predicted molar refractivity (Wildman–Crippen MR) is 74.1 cm³/mol. The number of nitrogens with one attached hydrogen (secondary N) is 1. The van der Waals surface area contributed by atoms with Gasteiger partial charge >= 0.3 is 0 Å². The summed E-state index contributed by atoms with van der Waals surface area (Å²) in [6.07, 6.45) is 1.88. The van der Waals surface area contributed by atoms with Gasteiger partial charge in [0.05, 0.1) is 17.5 Å². The summed E-state index contributed by atoms with van der Waals surface area (Å²) in [5, 5.41) is 19.2. The van der Waals surface area contributed by atoms with E-state index < -0.39 is 0 Å². The first kappa shape index (κ1) is 12.9. The van der Waals surface area contributed by atoms with Gasteiger partial charge in [0.15, 0.2) is 5.82 Å². The first-order valence-electron chi connectivity index (χ1n) is 6.30. The van der Waals surface area contributed by atoms with Crippen LogP contribution in [-0.4, -0.2) is 31.7 Å². The molecule has 0 aliphatic rings. The van der Waals surface area contributed by atoms with Gasteiger partial charge in [0.25, 0.3) is 5.89 Å². The third-order valence-electron chi connectivity index (χ3n) is 2.68. The van der Waals surface area contributed by atoms with E-state index in [9.17, 15) is 0 Å². The molecule has 0 saturated carbocycles. The Morgan fingerprint density at radius 2 is 2.40 bits per heavy atom. The molecule has 0 radical (unpaired) electrons. The zero-order valence-corrected chi connectivity index (χ0v) is 11.8. The second-order valence-corrected chi connectivity index (χ2v) is 5.00. The number of aromatic nitrogens is 5. The van der Waals surface area contributed by atoms with Gasteiger partial charge in [0, 0.05) is 11.9 Å². The lowest BCUT2D eigenvalue weighted by atomic mass is 10.3. The molecule has 3 aromatic heterocycles. The van der Waals surface area contributed by atoms with E-state index in [2.05, 4.69) is 32.7 Å². The molecule has 0 aliphatic heterocycles. The molecule has 0 aromatic carbocycles. The van der Waals surface area contributed by atoms with Crippen LogP contribution in [0.1, 0.15) is 18.4 Å². The summed E-state index contributed by atoms with van der Waals surface area (Å²) >= 11 is 1.60. The van der Waals surface area contributed by atoms with Crippen molar-refractivity contribution in [3.8, 4) is 11.5 Å². The van der Waals surface area contributed by atoms with Crippen LogP contribution in [0.5, 0.6) is 0 Å². The smallest absolute Gasteiger partial charge is 0.258 e. The number of rotatable bonds is 6. The minimum absolute atomic E-state index is 0.451. The van der Waals surface area contributed by atoms with Crippen LogP contribution in [0, 0.1) is 0 Å². The van der Waals surface area contributed by atoms with Crippen LogP contribution in [0.4, 0.5) is 0 Å². The lowest BCUT2D eigenvalue weighted by Crippen LogP contribution is -2.11. The highest BCUT2D eigenvalue weighted by Crippen LogP contribution is 2.19. The van der Waals surface area contributed by atoms with Gasteiger partial charge in [-0.25, -0.2) is 4.68 Å². The molecule has 20 heavy (non-hydrogen) atoms. The molecule has 0 unspecified atom stereocenters. The molecule has 0 spiro atoms. The lowest BCUT2D eigenvalue weighted by molar-refractivity contribution is 0.418. The Kier molecular flexibility index (Phi) is 3.84. The lowest BCUT2D eigenvalue weighted by Gasteiger charge is -1.94. The Hall–Kier alpha value is -2.06. The summed E-state index contributed by atoms with van der Waals surface area (Å²) in [6.45, 7) is 4.12. The molecule has 3 rings (SSSR count). The SMILES string of the molecule is CCNCc1cn(Cc2noc(-c3ccsc3)n2)nn1. The summed E-state index contributed by atoms with van der Waals surface area (Å²) in [5.41, 5.74) is 1.84. The van der Waals surface area contributed by atoms with E-state index in [1.54, 1.807) is 16.0 Å². The molecule has 3 aromatic rings. The van der Waals surface area contributed by atoms with E-state index in [1.165, 1.54) is 0 Å². The molecule has 0 bridgehead atoms. The van der Waals surface area contributed by atoms with Crippen LogP contribution in [0.25, 0.3) is 11.5 Å². The maximum Gasteiger partial charge on any atom is 0.258 e. The second-order valence-electron chi connectivity index (χ2n) is 4.22. The molecular weight excluding hydrogens is 276 g/mol. The molecule has 1 N–H and O–H groups in total. The Morgan fingerprint density at radius 3 is 3.20 bits per heavy atom. The van der Waals surface area contributed by atoms with E-state index in [0.717, 1.165) is 17.8 Å². The Balaban J connectivity index is 1.67. The summed E-state index contributed by atoms with van der Waals surface area (Å²) in [6, 6.07) is 1.95. The van der Waals surface area contributed by atoms with Crippen LogP contribution in [0.3, 0.4) is 0 Å². The van der Waals surface area contributed by atoms with E-state index in [1.807, 2.05) is 23.0 Å². The molecule has 0 amide bonds. The first-order chi connectivity index (χ1) is 9.85. The third kappa shape index (κ3) is 2.91. The highest BCUT2D eigenvalue weighted by Gasteiger charge is 2.10. The largest absolute Gasteiger partial charge is 0.334 e. The zero-order valence-electron chi connectivity index (χ0n) is 11.0. The Labute approximate surface area is 119 Å². The van der Waals surface area contributed by atoms with Crippen LogP contribution >= 0.6 is 11.3 Å². The molecule has 0 aliphatic carbocycles. The molecule has 8 heteroatoms. The molecule has 0 saturated heterocycles. The third-order valence-corrected chi connectivity index (χ3v) is 3.37. The van der Waals surface area contributed by atoms with Crippen LogP contribution in [0.2, 0.25) is 0 Å². The van der Waals surface area contributed by atoms with E-state index in [-0.39, 0.29) is 0 Å². The van der Waals surface area contributed by atoms with Crippen LogP contribution in [0.15, 0.2) is 27.5 Å². The summed E-state index contributed by atoms with van der Waals surface area (Å²) in [5.74, 6) is 1.13. The molecule has 104 valence electrons. The number of hydrogen-bond donors (Lipinski definition) is 1. The Bertz CT molecular complexity index is 659. The number of hydrogen-bond acceptors (Lipinski definition) is 7. The van der Waals surface area contributed by atoms with Crippen LogP contribution < -0.4 is 5.32 Å². The molecule has 0 atom stereocenters. The van der Waals surface area contributed by atoms with Crippen molar-refractivity contribution in [1.29, 1.82) is 0 Å². The van der Waals surface area contributed by atoms with Crippen molar-refractivity contribution in [3.05, 3.63) is 34.5 Å². The molecule has 0 fully saturated rings. The summed E-state index contributed by atoms with van der Waals surface area (Å²) in [4.78, 5) is 4.34. The molecular formula is C12H14N6OS.